The van der Waals surface area contributed by atoms with Gasteiger partial charge in [0.2, 0.25) is 5.91 Å². The van der Waals surface area contributed by atoms with Gasteiger partial charge in [-0.15, -0.1) is 0 Å². The van der Waals surface area contributed by atoms with Gasteiger partial charge in [-0.05, 0) is 30.2 Å². The van der Waals surface area contributed by atoms with Gasteiger partial charge in [0.25, 0.3) is 0 Å². The second kappa shape index (κ2) is 6.05. The van der Waals surface area contributed by atoms with Crippen LogP contribution in [0.1, 0.15) is 24.2 Å². The van der Waals surface area contributed by atoms with Crippen LogP contribution in [0.4, 0.5) is 5.69 Å². The van der Waals surface area contributed by atoms with Crippen molar-refractivity contribution in [2.45, 2.75) is 13.8 Å². The zero-order chi connectivity index (χ0) is 13.7. The summed E-state index contributed by atoms with van der Waals surface area (Å²) in [6, 6.07) is 6.63. The van der Waals surface area contributed by atoms with Crippen molar-refractivity contribution in [3.8, 4) is 0 Å². The molecule has 5 heteroatoms. The molecule has 1 rings (SSSR count). The molecule has 5 nitrogen and oxygen atoms in total. The van der Waals surface area contributed by atoms with Crippen LogP contribution in [0.25, 0.3) is 0 Å². The number of benzene rings is 1. The van der Waals surface area contributed by atoms with Crippen molar-refractivity contribution in [3.05, 3.63) is 29.8 Å². The summed E-state index contributed by atoms with van der Waals surface area (Å²) in [5, 5.41) is 12.1. The number of carboxylic acid groups (broad SMARTS) is 1. The van der Waals surface area contributed by atoms with Crippen molar-refractivity contribution in [2.24, 2.45) is 17.6 Å². The molecule has 1 aromatic rings. The Balaban J connectivity index is 2.62. The van der Waals surface area contributed by atoms with E-state index in [9.17, 15) is 9.59 Å². The fourth-order valence-corrected chi connectivity index (χ4v) is 1.59. The third-order valence-electron chi connectivity index (χ3n) is 2.82. The molecule has 1 unspecified atom stereocenters. The lowest BCUT2D eigenvalue weighted by Crippen LogP contribution is -2.27. The Morgan fingerprint density at radius 1 is 1.28 bits per heavy atom. The van der Waals surface area contributed by atoms with Gasteiger partial charge in [0.15, 0.2) is 0 Å². The number of nitrogens with one attached hydrogen (secondary N) is 1. The molecule has 0 radical (unpaired) electrons. The molecular weight excluding hydrogens is 232 g/mol. The topological polar surface area (TPSA) is 92.4 Å². The Morgan fingerprint density at radius 2 is 1.83 bits per heavy atom. The van der Waals surface area contributed by atoms with Crippen molar-refractivity contribution in [1.82, 2.24) is 0 Å². The maximum Gasteiger partial charge on any atom is 0.308 e. The van der Waals surface area contributed by atoms with E-state index in [4.69, 9.17) is 10.8 Å². The first-order valence-electron chi connectivity index (χ1n) is 5.78. The van der Waals surface area contributed by atoms with Gasteiger partial charge in [0.1, 0.15) is 0 Å². The molecule has 0 heterocycles. The van der Waals surface area contributed by atoms with E-state index >= 15 is 0 Å². The lowest BCUT2D eigenvalue weighted by atomic mass is 9.96. The summed E-state index contributed by atoms with van der Waals surface area (Å²) in [5.41, 5.74) is 6.33. The van der Waals surface area contributed by atoms with E-state index in [2.05, 4.69) is 5.32 Å². The monoisotopic (exact) mass is 250 g/mol. The second-order valence-electron chi connectivity index (χ2n) is 4.51. The van der Waals surface area contributed by atoms with E-state index in [0.29, 0.717) is 12.1 Å². The number of primary amides is 1. The largest absolute Gasteiger partial charge is 0.481 e. The number of amides is 1. The zero-order valence-electron chi connectivity index (χ0n) is 10.5. The molecule has 0 fully saturated rings. The second-order valence-corrected chi connectivity index (χ2v) is 4.51. The quantitative estimate of drug-likeness (QED) is 0.714. The molecular formula is C13H18N2O3. The van der Waals surface area contributed by atoms with Gasteiger partial charge < -0.3 is 16.2 Å². The molecule has 0 aliphatic carbocycles. The molecule has 4 N–H and O–H groups in total. The van der Waals surface area contributed by atoms with E-state index < -0.39 is 17.8 Å². The number of hydrogen-bond donors (Lipinski definition) is 3. The highest BCUT2D eigenvalue weighted by atomic mass is 16.4. The predicted octanol–water partition coefficient (Wildman–Crippen LogP) is 1.55. The van der Waals surface area contributed by atoms with Crippen LogP contribution < -0.4 is 11.1 Å². The Bertz CT molecular complexity index is 426. The molecule has 0 bridgehead atoms. The van der Waals surface area contributed by atoms with E-state index in [-0.39, 0.29) is 5.92 Å². The summed E-state index contributed by atoms with van der Waals surface area (Å²) in [7, 11) is 0. The average molecular weight is 250 g/mol. The van der Waals surface area contributed by atoms with Crippen molar-refractivity contribution >= 4 is 17.6 Å². The van der Waals surface area contributed by atoms with Gasteiger partial charge in [-0.25, -0.2) is 0 Å². The average Bonchev–Trinajstić information content (AvgIpc) is 2.28. The molecule has 98 valence electrons. The molecule has 0 saturated heterocycles. The minimum absolute atomic E-state index is 0.0555. The predicted molar refractivity (Wildman–Crippen MR) is 69.4 cm³/mol. The van der Waals surface area contributed by atoms with Crippen LogP contribution in [0, 0.1) is 11.8 Å². The maximum absolute atomic E-state index is 11.0. The van der Waals surface area contributed by atoms with Crippen LogP contribution in [-0.2, 0) is 4.79 Å². The Kier molecular flexibility index (Phi) is 4.71. The van der Waals surface area contributed by atoms with Gasteiger partial charge in [0.05, 0.1) is 5.92 Å². The van der Waals surface area contributed by atoms with Crippen LogP contribution in [0.3, 0.4) is 0 Å². The molecule has 18 heavy (non-hydrogen) atoms. The van der Waals surface area contributed by atoms with E-state index in [1.54, 1.807) is 24.3 Å². The normalized spacial score (nSPS) is 12.2. The van der Waals surface area contributed by atoms with E-state index in [0.717, 1.165) is 5.69 Å². The van der Waals surface area contributed by atoms with Crippen molar-refractivity contribution in [3.63, 3.8) is 0 Å². The third kappa shape index (κ3) is 3.76. The van der Waals surface area contributed by atoms with Gasteiger partial charge in [-0.2, -0.15) is 0 Å². The third-order valence-corrected chi connectivity index (χ3v) is 2.82. The SMILES string of the molecule is CC(C)C(CNc1ccc(C(N)=O)cc1)C(=O)O. The highest BCUT2D eigenvalue weighted by Gasteiger charge is 2.20. The first kappa shape index (κ1) is 14.0. The van der Waals surface area contributed by atoms with Crippen LogP contribution in [-0.4, -0.2) is 23.5 Å². The van der Waals surface area contributed by atoms with Gasteiger partial charge in [-0.1, -0.05) is 13.8 Å². The van der Waals surface area contributed by atoms with Crippen molar-refractivity contribution in [2.75, 3.05) is 11.9 Å². The van der Waals surface area contributed by atoms with Crippen LogP contribution in [0.15, 0.2) is 24.3 Å². The van der Waals surface area contributed by atoms with Gasteiger partial charge >= 0.3 is 5.97 Å². The molecule has 1 atom stereocenters. The fourth-order valence-electron chi connectivity index (χ4n) is 1.59. The molecule has 0 saturated carbocycles. The number of rotatable bonds is 6. The van der Waals surface area contributed by atoms with Crippen molar-refractivity contribution in [1.29, 1.82) is 0 Å². The summed E-state index contributed by atoms with van der Waals surface area (Å²) >= 11 is 0. The lowest BCUT2D eigenvalue weighted by Gasteiger charge is -2.17. The van der Waals surface area contributed by atoms with Gasteiger partial charge in [-0.3, -0.25) is 9.59 Å². The number of hydrogen-bond acceptors (Lipinski definition) is 3. The number of carbonyl (C=O) groups excluding carboxylic acids is 1. The molecule has 1 aromatic carbocycles. The minimum Gasteiger partial charge on any atom is -0.481 e. The number of aliphatic carboxylic acids is 1. The Hall–Kier alpha value is -2.04. The molecule has 0 aromatic heterocycles. The van der Waals surface area contributed by atoms with Crippen LogP contribution in [0.2, 0.25) is 0 Å². The maximum atomic E-state index is 11.0. The number of carbonyl (C=O) groups is 2. The fraction of sp³-hybridized carbons (Fsp3) is 0.385. The summed E-state index contributed by atoms with van der Waals surface area (Å²) in [6.45, 7) is 4.09. The molecule has 0 spiro atoms. The summed E-state index contributed by atoms with van der Waals surface area (Å²) in [5.74, 6) is -1.68. The Labute approximate surface area is 106 Å². The van der Waals surface area contributed by atoms with Crippen molar-refractivity contribution < 1.29 is 14.7 Å². The van der Waals surface area contributed by atoms with E-state index in [1.165, 1.54) is 0 Å². The van der Waals surface area contributed by atoms with Crippen LogP contribution >= 0.6 is 0 Å². The summed E-state index contributed by atoms with van der Waals surface area (Å²) in [6.07, 6.45) is 0. The zero-order valence-corrected chi connectivity index (χ0v) is 10.5. The minimum atomic E-state index is -0.814. The van der Waals surface area contributed by atoms with Gasteiger partial charge in [0, 0.05) is 17.8 Å². The molecule has 1 amide bonds. The molecule has 0 aliphatic heterocycles. The molecule has 0 aliphatic rings. The smallest absolute Gasteiger partial charge is 0.308 e. The Morgan fingerprint density at radius 3 is 2.22 bits per heavy atom. The first-order chi connectivity index (χ1) is 8.41. The standard InChI is InChI=1S/C13H18N2O3/c1-8(2)11(13(17)18)7-15-10-5-3-9(4-6-10)12(14)16/h3-6,8,11,15H,7H2,1-2H3,(H2,14,16)(H,17,18). The van der Waals surface area contributed by atoms with E-state index in [1.807, 2.05) is 13.8 Å². The first-order valence-corrected chi connectivity index (χ1v) is 5.78. The lowest BCUT2D eigenvalue weighted by molar-refractivity contribution is -0.142. The number of carboxylic acids is 1. The highest BCUT2D eigenvalue weighted by molar-refractivity contribution is 5.93. The summed E-state index contributed by atoms with van der Waals surface area (Å²) < 4.78 is 0. The number of nitrogens with two attached hydrogens (primary N) is 1. The van der Waals surface area contributed by atoms with Crippen LogP contribution in [0.5, 0.6) is 0 Å². The highest BCUT2D eigenvalue weighted by Crippen LogP contribution is 2.14. The number of anilines is 1. The summed E-state index contributed by atoms with van der Waals surface area (Å²) in [4.78, 5) is 21.9.